The third-order valence-electron chi connectivity index (χ3n) is 4.17. The average molecular weight is 440 g/mol. The fourth-order valence-corrected chi connectivity index (χ4v) is 2.86. The summed E-state index contributed by atoms with van der Waals surface area (Å²) in [5.41, 5.74) is -6.06. The third kappa shape index (κ3) is 4.21. The maximum Gasteiger partial charge on any atom is 0.429 e. The van der Waals surface area contributed by atoms with Gasteiger partial charge in [0.05, 0.1) is 0 Å². The number of hydrogen-bond donors (Lipinski definition) is 1. The van der Waals surface area contributed by atoms with Crippen molar-refractivity contribution in [1.29, 1.82) is 0 Å². The van der Waals surface area contributed by atoms with Crippen LogP contribution in [0.25, 0.3) is 0 Å². The van der Waals surface area contributed by atoms with Crippen molar-refractivity contribution in [2.75, 3.05) is 0 Å². The molecule has 0 radical (unpaired) electrons. The number of halogens is 6. The van der Waals surface area contributed by atoms with Crippen LogP contribution in [0.5, 0.6) is 0 Å². The van der Waals surface area contributed by atoms with Gasteiger partial charge in [0.1, 0.15) is 11.6 Å². The number of carbonyl (C=O) groups excluding carboxylic acids is 3. The van der Waals surface area contributed by atoms with Crippen LogP contribution in [0.1, 0.15) is 26.3 Å². The summed E-state index contributed by atoms with van der Waals surface area (Å²) in [7, 11) is 0. The number of rotatable bonds is 4. The van der Waals surface area contributed by atoms with Gasteiger partial charge in [0, 0.05) is 6.42 Å². The summed E-state index contributed by atoms with van der Waals surface area (Å²) in [6.45, 7) is 4.23. The standard InChI is InChI=1S/C18H18F6N2O4/c1-15(2,3)30-12(27)11(9-10-7-5-4-6-8-10)26-13(28)16(17(19,20)21,18(22,23)24)25-14(26)29/h4-8,11H,9H2,1-3H3,(H,25,29)/t11-/m0/s1. The summed E-state index contributed by atoms with van der Waals surface area (Å²) in [4.78, 5) is 36.8. The lowest BCUT2D eigenvalue weighted by atomic mass is 9.96. The Morgan fingerprint density at radius 2 is 1.53 bits per heavy atom. The molecular formula is C18H18F6N2O4. The molecule has 3 amide bonds. The molecule has 0 bridgehead atoms. The van der Waals surface area contributed by atoms with Crippen molar-refractivity contribution in [1.82, 2.24) is 10.2 Å². The van der Waals surface area contributed by atoms with Crippen molar-refractivity contribution in [3.8, 4) is 0 Å². The smallest absolute Gasteiger partial charge is 0.429 e. The van der Waals surface area contributed by atoms with E-state index in [1.54, 1.807) is 6.07 Å². The van der Waals surface area contributed by atoms with Gasteiger partial charge in [0.15, 0.2) is 0 Å². The lowest BCUT2D eigenvalue weighted by Crippen LogP contribution is -2.68. The van der Waals surface area contributed by atoms with E-state index in [4.69, 9.17) is 4.74 Å². The highest BCUT2D eigenvalue weighted by molar-refractivity contribution is 6.10. The largest absolute Gasteiger partial charge is 0.458 e. The number of benzene rings is 1. The van der Waals surface area contributed by atoms with Crippen LogP contribution in [-0.2, 0) is 20.7 Å². The molecule has 0 aliphatic carbocycles. The first kappa shape index (κ1) is 23.5. The lowest BCUT2D eigenvalue weighted by molar-refractivity contribution is -0.290. The molecule has 1 N–H and O–H groups in total. The second-order valence-electron chi connectivity index (χ2n) is 7.59. The molecule has 2 rings (SSSR count). The Hall–Kier alpha value is -2.79. The van der Waals surface area contributed by atoms with Gasteiger partial charge in [-0.1, -0.05) is 30.3 Å². The van der Waals surface area contributed by atoms with E-state index < -0.39 is 53.9 Å². The molecule has 12 heteroatoms. The number of esters is 1. The minimum atomic E-state index is -6.20. The van der Waals surface area contributed by atoms with Crippen molar-refractivity contribution in [3.05, 3.63) is 35.9 Å². The van der Waals surface area contributed by atoms with Gasteiger partial charge in [-0.05, 0) is 26.3 Å². The van der Waals surface area contributed by atoms with Gasteiger partial charge in [-0.2, -0.15) is 26.3 Å². The highest BCUT2D eigenvalue weighted by Gasteiger charge is 2.81. The fraction of sp³-hybridized carbons (Fsp3) is 0.500. The van der Waals surface area contributed by atoms with Gasteiger partial charge in [0.2, 0.25) is 0 Å². The predicted octanol–water partition coefficient (Wildman–Crippen LogP) is 3.35. The van der Waals surface area contributed by atoms with Crippen LogP contribution in [0, 0.1) is 0 Å². The first-order chi connectivity index (χ1) is 13.5. The van der Waals surface area contributed by atoms with Gasteiger partial charge >= 0.3 is 29.9 Å². The summed E-state index contributed by atoms with van der Waals surface area (Å²) < 4.78 is 85.3. The average Bonchev–Trinajstić information content (AvgIpc) is 2.83. The van der Waals surface area contributed by atoms with Gasteiger partial charge in [0.25, 0.3) is 5.91 Å². The third-order valence-corrected chi connectivity index (χ3v) is 4.17. The van der Waals surface area contributed by atoms with Crippen LogP contribution < -0.4 is 5.32 Å². The Bertz CT molecular complexity index is 816. The highest BCUT2D eigenvalue weighted by Crippen LogP contribution is 2.47. The molecule has 1 atom stereocenters. The van der Waals surface area contributed by atoms with Gasteiger partial charge in [-0.15, -0.1) is 0 Å². The maximum absolute atomic E-state index is 13.4. The number of ether oxygens (including phenoxy) is 1. The zero-order chi connectivity index (χ0) is 23.1. The monoisotopic (exact) mass is 440 g/mol. The normalized spacial score (nSPS) is 18.2. The summed E-state index contributed by atoms with van der Waals surface area (Å²) in [5, 5.41) is 0.711. The van der Waals surface area contributed by atoms with E-state index in [0.717, 1.165) is 0 Å². The first-order valence-electron chi connectivity index (χ1n) is 8.57. The van der Waals surface area contributed by atoms with E-state index in [0.29, 0.717) is 5.32 Å². The van der Waals surface area contributed by atoms with Crippen LogP contribution in [0.4, 0.5) is 31.1 Å². The number of urea groups is 1. The van der Waals surface area contributed by atoms with Crippen molar-refractivity contribution < 1.29 is 45.5 Å². The van der Waals surface area contributed by atoms with E-state index in [9.17, 15) is 40.7 Å². The molecule has 0 unspecified atom stereocenters. The number of hydrogen-bond acceptors (Lipinski definition) is 4. The maximum atomic E-state index is 13.4. The minimum Gasteiger partial charge on any atom is -0.458 e. The molecular weight excluding hydrogens is 422 g/mol. The van der Waals surface area contributed by atoms with Crippen LogP contribution in [-0.4, -0.2) is 52.3 Å². The van der Waals surface area contributed by atoms with Gasteiger partial charge < -0.3 is 10.1 Å². The molecule has 0 aromatic heterocycles. The Labute approximate surface area is 167 Å². The SMILES string of the molecule is CC(C)(C)OC(=O)[C@H](Cc1ccccc1)N1C(=O)NC(C(F)(F)F)(C(F)(F)F)C1=O. The fourth-order valence-electron chi connectivity index (χ4n) is 2.86. The predicted molar refractivity (Wildman–Crippen MR) is 90.0 cm³/mol. The molecule has 1 heterocycles. The van der Waals surface area contributed by atoms with Crippen LogP contribution in [0.3, 0.4) is 0 Å². The molecule has 1 aromatic rings. The molecule has 1 saturated heterocycles. The summed E-state index contributed by atoms with van der Waals surface area (Å²) in [6.07, 6.45) is -12.9. The molecule has 1 aliphatic heterocycles. The second kappa shape index (κ2) is 7.47. The van der Waals surface area contributed by atoms with E-state index in [-0.39, 0.29) is 10.5 Å². The highest BCUT2D eigenvalue weighted by atomic mass is 19.4. The number of nitrogens with one attached hydrogen (secondary N) is 1. The van der Waals surface area contributed by atoms with Gasteiger partial charge in [-0.25, -0.2) is 14.5 Å². The van der Waals surface area contributed by atoms with Crippen molar-refractivity contribution in [2.45, 2.75) is 56.7 Å². The molecule has 1 aliphatic rings. The van der Waals surface area contributed by atoms with E-state index in [1.807, 2.05) is 0 Å². The van der Waals surface area contributed by atoms with Crippen molar-refractivity contribution in [3.63, 3.8) is 0 Å². The second-order valence-corrected chi connectivity index (χ2v) is 7.59. The summed E-state index contributed by atoms with van der Waals surface area (Å²) in [5.74, 6) is -3.96. The van der Waals surface area contributed by atoms with E-state index in [1.165, 1.54) is 45.0 Å². The number of amides is 3. The van der Waals surface area contributed by atoms with Crippen molar-refractivity contribution >= 4 is 17.9 Å². The first-order valence-corrected chi connectivity index (χ1v) is 8.57. The number of carbonyl (C=O) groups is 3. The Morgan fingerprint density at radius 3 is 1.93 bits per heavy atom. The summed E-state index contributed by atoms with van der Waals surface area (Å²) in [6, 6.07) is 3.39. The number of imide groups is 1. The van der Waals surface area contributed by atoms with Crippen LogP contribution >= 0.6 is 0 Å². The lowest BCUT2D eigenvalue weighted by Gasteiger charge is -2.32. The molecule has 30 heavy (non-hydrogen) atoms. The Balaban J connectivity index is 2.56. The zero-order valence-electron chi connectivity index (χ0n) is 16.0. The quantitative estimate of drug-likeness (QED) is 0.443. The number of alkyl halides is 6. The molecule has 6 nitrogen and oxygen atoms in total. The Kier molecular flexibility index (Phi) is 5.85. The molecule has 1 fully saturated rings. The molecule has 166 valence electrons. The molecule has 0 saturated carbocycles. The molecule has 0 spiro atoms. The van der Waals surface area contributed by atoms with Crippen LogP contribution in [0.2, 0.25) is 0 Å². The topological polar surface area (TPSA) is 75.7 Å². The minimum absolute atomic E-state index is 0.283. The van der Waals surface area contributed by atoms with Gasteiger partial charge in [-0.3, -0.25) is 4.79 Å². The zero-order valence-corrected chi connectivity index (χ0v) is 16.0. The van der Waals surface area contributed by atoms with E-state index >= 15 is 0 Å². The van der Waals surface area contributed by atoms with E-state index in [2.05, 4.69) is 0 Å². The van der Waals surface area contributed by atoms with Crippen molar-refractivity contribution in [2.24, 2.45) is 0 Å². The Morgan fingerprint density at radius 1 is 1.03 bits per heavy atom. The number of nitrogens with zero attached hydrogens (tertiary/aromatic N) is 1. The summed E-state index contributed by atoms with van der Waals surface area (Å²) >= 11 is 0. The molecule has 1 aromatic carbocycles. The van der Waals surface area contributed by atoms with Crippen LogP contribution in [0.15, 0.2) is 30.3 Å².